The number of hydrogen-bond donors (Lipinski definition) is 0. The van der Waals surface area contributed by atoms with E-state index in [2.05, 4.69) is 247 Å². The minimum atomic E-state index is -0.394. The maximum atomic E-state index is 2.51. The maximum absolute atomic E-state index is 2.51. The Hall–Kier alpha value is -7.07. The summed E-state index contributed by atoms with van der Waals surface area (Å²) in [6.45, 7) is 2.33. The lowest BCUT2D eigenvalue weighted by Crippen LogP contribution is -2.30. The van der Waals surface area contributed by atoms with Gasteiger partial charge in [0.25, 0.3) is 0 Å². The van der Waals surface area contributed by atoms with Gasteiger partial charge in [-0.15, -0.1) is 0 Å². The van der Waals surface area contributed by atoms with E-state index in [1.54, 1.807) is 0 Å². The lowest BCUT2D eigenvalue weighted by atomic mass is 9.65. The van der Waals surface area contributed by atoms with Crippen molar-refractivity contribution >= 4 is 58.0 Å². The van der Waals surface area contributed by atoms with Crippen molar-refractivity contribution in [1.29, 1.82) is 0 Å². The van der Waals surface area contributed by atoms with Gasteiger partial charge in [-0.05, 0) is 124 Å². The van der Waals surface area contributed by atoms with Crippen LogP contribution in [-0.4, -0.2) is 0 Å². The largest absolute Gasteiger partial charge is 0.310 e. The summed E-state index contributed by atoms with van der Waals surface area (Å²) in [5, 5.41) is 0. The third kappa shape index (κ3) is 6.36. The zero-order chi connectivity index (χ0) is 40.8. The monoisotopic (exact) mass is 800 g/mol. The second kappa shape index (κ2) is 15.5. The molecule has 2 atom stereocenters. The Morgan fingerprint density at radius 1 is 0.574 bits per heavy atom. The first-order chi connectivity index (χ1) is 30.2. The molecular formula is C58H44N2S. The average molecular weight is 801 g/mol. The Bertz CT molecular complexity index is 2950. The molecule has 1 aliphatic heterocycles. The van der Waals surface area contributed by atoms with Gasteiger partial charge in [-0.2, -0.15) is 0 Å². The van der Waals surface area contributed by atoms with E-state index in [1.165, 1.54) is 65.7 Å². The molecule has 0 saturated heterocycles. The molecule has 0 fully saturated rings. The van der Waals surface area contributed by atoms with Gasteiger partial charge < -0.3 is 9.80 Å². The molecule has 0 radical (unpaired) electrons. The highest BCUT2D eigenvalue weighted by molar-refractivity contribution is 7.99. The van der Waals surface area contributed by atoms with Crippen LogP contribution in [0.4, 0.5) is 34.1 Å². The van der Waals surface area contributed by atoms with Crippen molar-refractivity contribution in [3.8, 4) is 11.1 Å². The fourth-order valence-electron chi connectivity index (χ4n) is 9.76. The second-order valence-electron chi connectivity index (χ2n) is 16.2. The number of hydrogen-bond acceptors (Lipinski definition) is 3. The first-order valence-corrected chi connectivity index (χ1v) is 22.1. The Morgan fingerprint density at radius 2 is 1.20 bits per heavy atom. The normalized spacial score (nSPS) is 17.3. The average Bonchev–Trinajstić information content (AvgIpc) is 3.63. The van der Waals surface area contributed by atoms with Gasteiger partial charge in [-0.3, -0.25) is 0 Å². The van der Waals surface area contributed by atoms with Gasteiger partial charge in [0.1, 0.15) is 0 Å². The standard InChI is InChI=1S/C58H44N2S/c1-41-18-16-22-45(38-41)58(44-20-6-2-7-21-44)51-30-15-14-29-50(51)57-43(19-17-31-52(57)58)34-32-42-33-36-53-55(39-42)61-56-40-49(35-37-54(56)60(53)48-27-12-5-13-28-48)59(46-23-8-3-9-24-46)47-25-10-4-11-26-47/h2-17,19-41H,18H2,1H3. The number of fused-ring (bicyclic) bond motifs is 5. The van der Waals surface area contributed by atoms with Gasteiger partial charge in [0.2, 0.25) is 0 Å². The molecule has 2 unspecified atom stereocenters. The highest BCUT2D eigenvalue weighted by atomic mass is 32.2. The predicted molar refractivity (Wildman–Crippen MR) is 258 cm³/mol. The quantitative estimate of drug-likeness (QED) is 0.141. The number of nitrogens with zero attached hydrogens (tertiary/aromatic N) is 2. The topological polar surface area (TPSA) is 6.48 Å². The number of para-hydroxylation sites is 3. The van der Waals surface area contributed by atoms with Crippen molar-refractivity contribution in [2.45, 2.75) is 28.6 Å². The van der Waals surface area contributed by atoms with E-state index in [-0.39, 0.29) is 0 Å². The zero-order valence-electron chi connectivity index (χ0n) is 34.0. The van der Waals surface area contributed by atoms with E-state index in [4.69, 9.17) is 0 Å². The van der Waals surface area contributed by atoms with Gasteiger partial charge in [-0.25, -0.2) is 0 Å². The maximum Gasteiger partial charge on any atom is 0.0710 e. The third-order valence-electron chi connectivity index (χ3n) is 12.4. The van der Waals surface area contributed by atoms with E-state index < -0.39 is 5.41 Å². The van der Waals surface area contributed by atoms with Crippen LogP contribution in [0.5, 0.6) is 0 Å². The van der Waals surface area contributed by atoms with Gasteiger partial charge in [0.15, 0.2) is 0 Å². The van der Waals surface area contributed by atoms with Gasteiger partial charge in [0.05, 0.1) is 16.8 Å². The molecule has 11 rings (SSSR count). The van der Waals surface area contributed by atoms with E-state index in [0.29, 0.717) is 5.92 Å². The Labute approximate surface area is 363 Å². The van der Waals surface area contributed by atoms with Crippen molar-refractivity contribution in [3.63, 3.8) is 0 Å². The van der Waals surface area contributed by atoms with Crippen LogP contribution in [0.1, 0.15) is 41.2 Å². The number of benzene rings is 8. The van der Waals surface area contributed by atoms with E-state index in [0.717, 1.165) is 29.2 Å². The predicted octanol–water partition coefficient (Wildman–Crippen LogP) is 16.1. The van der Waals surface area contributed by atoms with Crippen LogP contribution in [0.2, 0.25) is 0 Å². The first kappa shape index (κ1) is 37.0. The molecule has 8 aromatic carbocycles. The van der Waals surface area contributed by atoms with Crippen molar-refractivity contribution in [2.75, 3.05) is 9.80 Å². The minimum Gasteiger partial charge on any atom is -0.310 e. The minimum absolute atomic E-state index is 0.394. The summed E-state index contributed by atoms with van der Waals surface area (Å²) in [4.78, 5) is 7.18. The van der Waals surface area contributed by atoms with Crippen LogP contribution in [-0.2, 0) is 5.41 Å². The Morgan fingerprint density at radius 3 is 1.92 bits per heavy atom. The van der Waals surface area contributed by atoms with Crippen LogP contribution < -0.4 is 9.80 Å². The molecule has 2 nitrogen and oxygen atoms in total. The molecule has 0 amide bonds. The lowest BCUT2D eigenvalue weighted by Gasteiger charge is -2.36. The molecule has 0 N–H and O–H groups in total. The fraction of sp³-hybridized carbons (Fsp3) is 0.0690. The van der Waals surface area contributed by atoms with E-state index >= 15 is 0 Å². The highest BCUT2D eigenvalue weighted by Crippen LogP contribution is 2.58. The van der Waals surface area contributed by atoms with Crippen LogP contribution in [0.3, 0.4) is 0 Å². The van der Waals surface area contributed by atoms with E-state index in [9.17, 15) is 0 Å². The Kier molecular flexibility index (Phi) is 9.40. The molecule has 0 spiro atoms. The van der Waals surface area contributed by atoms with Crippen LogP contribution in [0, 0.1) is 5.92 Å². The van der Waals surface area contributed by atoms with Gasteiger partial charge >= 0.3 is 0 Å². The highest BCUT2D eigenvalue weighted by Gasteiger charge is 2.47. The van der Waals surface area contributed by atoms with Crippen molar-refractivity contribution < 1.29 is 0 Å². The number of rotatable bonds is 8. The second-order valence-corrected chi connectivity index (χ2v) is 17.2. The summed E-state index contributed by atoms with van der Waals surface area (Å²) in [6.07, 6.45) is 13.0. The molecule has 61 heavy (non-hydrogen) atoms. The molecule has 0 saturated carbocycles. The lowest BCUT2D eigenvalue weighted by molar-refractivity contribution is 0.683. The van der Waals surface area contributed by atoms with Gasteiger partial charge in [-0.1, -0.05) is 183 Å². The molecule has 3 aliphatic rings. The summed E-state index contributed by atoms with van der Waals surface area (Å²) < 4.78 is 0. The third-order valence-corrected chi connectivity index (χ3v) is 13.5. The molecule has 0 bridgehead atoms. The molecule has 1 heterocycles. The van der Waals surface area contributed by atoms with Crippen molar-refractivity contribution in [3.05, 3.63) is 252 Å². The van der Waals surface area contributed by atoms with Crippen LogP contribution in [0.25, 0.3) is 23.3 Å². The smallest absolute Gasteiger partial charge is 0.0710 e. The summed E-state index contributed by atoms with van der Waals surface area (Å²) in [5.74, 6) is 0.477. The molecule has 0 aromatic heterocycles. The molecule has 8 aromatic rings. The first-order valence-electron chi connectivity index (χ1n) is 21.2. The molecule has 292 valence electrons. The van der Waals surface area contributed by atoms with E-state index in [1.807, 2.05) is 11.8 Å². The number of allylic oxidation sites excluding steroid dienone is 4. The summed E-state index contributed by atoms with van der Waals surface area (Å²) in [7, 11) is 0. The van der Waals surface area contributed by atoms with Crippen molar-refractivity contribution in [2.24, 2.45) is 5.92 Å². The summed E-state index contributed by atoms with van der Waals surface area (Å²) in [6, 6.07) is 72.9. The SMILES string of the molecule is CC1C=C(C2(c3ccccc3)c3ccccc3-c3c(C=Cc4ccc5c(c4)Sc4cc(N(c6ccccc6)c6ccccc6)ccc4N5c4ccccc4)cccc32)C=CC1. The zero-order valence-corrected chi connectivity index (χ0v) is 34.8. The molecule has 3 heteroatoms. The summed E-state index contributed by atoms with van der Waals surface area (Å²) >= 11 is 1.85. The van der Waals surface area contributed by atoms with Crippen molar-refractivity contribution in [1.82, 2.24) is 0 Å². The Balaban J connectivity index is 1.01. The summed E-state index contributed by atoms with van der Waals surface area (Å²) in [5.41, 5.74) is 16.9. The molecular weight excluding hydrogens is 757 g/mol. The van der Waals surface area contributed by atoms with Gasteiger partial charge in [0, 0.05) is 32.5 Å². The van der Waals surface area contributed by atoms with Crippen LogP contribution >= 0.6 is 11.8 Å². The van der Waals surface area contributed by atoms with Crippen LogP contribution in [0.15, 0.2) is 234 Å². The molecule has 2 aliphatic carbocycles. The number of anilines is 6. The fourth-order valence-corrected chi connectivity index (χ4v) is 10.9.